The molecule has 0 amide bonds. The number of rotatable bonds is 3. The van der Waals surface area contributed by atoms with Crippen LogP contribution in [0.5, 0.6) is 0 Å². The van der Waals surface area contributed by atoms with Crippen LogP contribution in [0.4, 0.5) is 0 Å². The summed E-state index contributed by atoms with van der Waals surface area (Å²) in [7, 11) is 0. The summed E-state index contributed by atoms with van der Waals surface area (Å²) in [5.41, 5.74) is -0.130. The van der Waals surface area contributed by atoms with E-state index in [0.29, 0.717) is 0 Å². The van der Waals surface area contributed by atoms with Crippen LogP contribution in [0.3, 0.4) is 0 Å². The zero-order valence-corrected chi connectivity index (χ0v) is 11.2. The van der Waals surface area contributed by atoms with E-state index < -0.39 is 0 Å². The Hall–Kier alpha value is -0.550. The molecule has 2 heteroatoms. The minimum absolute atomic E-state index is 0.130. The molecular formula is C16H24N2. The lowest BCUT2D eigenvalue weighted by atomic mass is 9.52. The lowest BCUT2D eigenvalue weighted by Gasteiger charge is -2.55. The van der Waals surface area contributed by atoms with Gasteiger partial charge in [-0.15, -0.1) is 0 Å². The SMILES string of the molecule is N#CC1(NCC2C3CC4CC(C3)CC2C4)CCC1. The highest BCUT2D eigenvalue weighted by atomic mass is 15.0. The second-order valence-corrected chi connectivity index (χ2v) is 7.52. The topological polar surface area (TPSA) is 35.8 Å². The first-order chi connectivity index (χ1) is 8.78. The molecule has 0 aliphatic heterocycles. The maximum Gasteiger partial charge on any atom is 0.106 e. The van der Waals surface area contributed by atoms with E-state index in [0.717, 1.165) is 49.0 Å². The number of nitrogens with one attached hydrogen (secondary N) is 1. The van der Waals surface area contributed by atoms with Gasteiger partial charge < -0.3 is 0 Å². The standard InChI is InChI=1S/C16H24N2/c17-10-16(2-1-3-16)18-9-15-13-5-11-4-12(7-13)8-14(15)6-11/h11-15,18H,1-9H2. The van der Waals surface area contributed by atoms with Gasteiger partial charge >= 0.3 is 0 Å². The fraction of sp³-hybridized carbons (Fsp3) is 0.938. The molecule has 0 aromatic carbocycles. The Morgan fingerprint density at radius 3 is 2.06 bits per heavy atom. The highest BCUT2D eigenvalue weighted by Crippen LogP contribution is 2.56. The van der Waals surface area contributed by atoms with Crippen molar-refractivity contribution in [3.05, 3.63) is 0 Å². The molecule has 0 spiro atoms. The first kappa shape index (κ1) is 11.3. The van der Waals surface area contributed by atoms with Gasteiger partial charge in [0, 0.05) is 0 Å². The molecule has 0 aromatic heterocycles. The third-order valence-corrected chi connectivity index (χ3v) is 6.52. The van der Waals surface area contributed by atoms with Crippen LogP contribution < -0.4 is 5.32 Å². The summed E-state index contributed by atoms with van der Waals surface area (Å²) in [5.74, 6) is 5.01. The number of nitrogens with zero attached hydrogens (tertiary/aromatic N) is 1. The van der Waals surface area contributed by atoms with Gasteiger partial charge in [0.25, 0.3) is 0 Å². The van der Waals surface area contributed by atoms with Crippen molar-refractivity contribution in [1.82, 2.24) is 5.32 Å². The Kier molecular flexibility index (Phi) is 2.49. The molecule has 5 rings (SSSR count). The van der Waals surface area contributed by atoms with Crippen LogP contribution in [-0.2, 0) is 0 Å². The van der Waals surface area contributed by atoms with Crippen LogP contribution in [0.25, 0.3) is 0 Å². The van der Waals surface area contributed by atoms with Crippen LogP contribution in [0.2, 0.25) is 0 Å². The summed E-state index contributed by atoms with van der Waals surface area (Å²) >= 11 is 0. The highest BCUT2D eigenvalue weighted by Gasteiger charge is 2.48. The Labute approximate surface area is 110 Å². The summed E-state index contributed by atoms with van der Waals surface area (Å²) in [5, 5.41) is 13.0. The lowest BCUT2D eigenvalue weighted by molar-refractivity contribution is -0.0385. The Balaban J connectivity index is 1.42. The molecule has 5 aliphatic rings. The highest BCUT2D eigenvalue weighted by molar-refractivity contribution is 5.13. The predicted octanol–water partition coefficient (Wildman–Crippen LogP) is 3.09. The van der Waals surface area contributed by atoms with Gasteiger partial charge in [0.1, 0.15) is 5.54 Å². The summed E-state index contributed by atoms with van der Waals surface area (Å²) < 4.78 is 0. The molecule has 0 aromatic rings. The van der Waals surface area contributed by atoms with Crippen molar-refractivity contribution in [2.45, 2.75) is 56.9 Å². The van der Waals surface area contributed by atoms with Gasteiger partial charge in [0.05, 0.1) is 6.07 Å². The molecular weight excluding hydrogens is 220 g/mol. The van der Waals surface area contributed by atoms with E-state index in [-0.39, 0.29) is 5.54 Å². The summed E-state index contributed by atoms with van der Waals surface area (Å²) in [6.07, 6.45) is 10.9. The molecule has 0 unspecified atom stereocenters. The van der Waals surface area contributed by atoms with Crippen molar-refractivity contribution in [2.24, 2.45) is 29.6 Å². The van der Waals surface area contributed by atoms with E-state index in [2.05, 4.69) is 11.4 Å². The molecule has 0 radical (unpaired) electrons. The third-order valence-electron chi connectivity index (χ3n) is 6.52. The molecule has 4 bridgehead atoms. The molecule has 18 heavy (non-hydrogen) atoms. The van der Waals surface area contributed by atoms with Gasteiger partial charge in [0.2, 0.25) is 0 Å². The molecule has 5 aliphatic carbocycles. The number of nitriles is 1. The van der Waals surface area contributed by atoms with Crippen LogP contribution in [0.15, 0.2) is 0 Å². The first-order valence-electron chi connectivity index (χ1n) is 7.94. The number of hydrogen-bond donors (Lipinski definition) is 1. The smallest absolute Gasteiger partial charge is 0.106 e. The van der Waals surface area contributed by atoms with Gasteiger partial charge in [-0.1, -0.05) is 0 Å². The second kappa shape index (κ2) is 3.97. The normalized spacial score (nSPS) is 47.6. The van der Waals surface area contributed by atoms with E-state index in [1.807, 2.05) is 0 Å². The largest absolute Gasteiger partial charge is 0.299 e. The fourth-order valence-corrected chi connectivity index (χ4v) is 5.54. The zero-order valence-electron chi connectivity index (χ0n) is 11.2. The second-order valence-electron chi connectivity index (χ2n) is 7.52. The van der Waals surface area contributed by atoms with Crippen LogP contribution in [0, 0.1) is 40.9 Å². The minimum atomic E-state index is -0.130. The molecule has 0 saturated heterocycles. The third kappa shape index (κ3) is 1.63. The van der Waals surface area contributed by atoms with E-state index >= 15 is 0 Å². The summed E-state index contributed by atoms with van der Waals surface area (Å²) in [6.45, 7) is 1.13. The Bertz CT molecular complexity index is 349. The van der Waals surface area contributed by atoms with Crippen molar-refractivity contribution >= 4 is 0 Å². The van der Waals surface area contributed by atoms with Crippen LogP contribution in [-0.4, -0.2) is 12.1 Å². The minimum Gasteiger partial charge on any atom is -0.299 e. The summed E-state index contributed by atoms with van der Waals surface area (Å²) in [4.78, 5) is 0. The quantitative estimate of drug-likeness (QED) is 0.828. The van der Waals surface area contributed by atoms with Gasteiger partial charge in [-0.2, -0.15) is 5.26 Å². The molecule has 0 atom stereocenters. The molecule has 5 fully saturated rings. The Morgan fingerprint density at radius 1 is 1.00 bits per heavy atom. The molecule has 0 heterocycles. The Morgan fingerprint density at radius 2 is 1.61 bits per heavy atom. The lowest BCUT2D eigenvalue weighted by Crippen LogP contribution is -2.55. The summed E-state index contributed by atoms with van der Waals surface area (Å²) in [6, 6.07) is 2.53. The maximum absolute atomic E-state index is 9.31. The van der Waals surface area contributed by atoms with Gasteiger partial charge in [0.15, 0.2) is 0 Å². The van der Waals surface area contributed by atoms with Gasteiger partial charge in [-0.25, -0.2) is 0 Å². The van der Waals surface area contributed by atoms with Gasteiger partial charge in [-0.05, 0) is 87.5 Å². The van der Waals surface area contributed by atoms with Crippen LogP contribution >= 0.6 is 0 Å². The fourth-order valence-electron chi connectivity index (χ4n) is 5.54. The molecule has 1 N–H and O–H groups in total. The average molecular weight is 244 g/mol. The molecule has 2 nitrogen and oxygen atoms in total. The van der Waals surface area contributed by atoms with Crippen molar-refractivity contribution in [2.75, 3.05) is 6.54 Å². The van der Waals surface area contributed by atoms with E-state index in [9.17, 15) is 5.26 Å². The van der Waals surface area contributed by atoms with Gasteiger partial charge in [-0.3, -0.25) is 5.32 Å². The zero-order chi connectivity index (χ0) is 12.2. The van der Waals surface area contributed by atoms with Crippen molar-refractivity contribution < 1.29 is 0 Å². The van der Waals surface area contributed by atoms with E-state index in [1.165, 1.54) is 38.5 Å². The average Bonchev–Trinajstić information content (AvgIpc) is 2.30. The maximum atomic E-state index is 9.31. The van der Waals surface area contributed by atoms with Crippen molar-refractivity contribution in [3.63, 3.8) is 0 Å². The molecule has 98 valence electrons. The first-order valence-corrected chi connectivity index (χ1v) is 7.94. The van der Waals surface area contributed by atoms with Crippen molar-refractivity contribution in [1.29, 1.82) is 5.26 Å². The predicted molar refractivity (Wildman–Crippen MR) is 70.7 cm³/mol. The van der Waals surface area contributed by atoms with E-state index in [4.69, 9.17) is 0 Å². The van der Waals surface area contributed by atoms with Crippen molar-refractivity contribution in [3.8, 4) is 6.07 Å². The van der Waals surface area contributed by atoms with E-state index in [1.54, 1.807) is 0 Å². The monoisotopic (exact) mass is 244 g/mol. The molecule has 5 saturated carbocycles. The van der Waals surface area contributed by atoms with Crippen LogP contribution in [0.1, 0.15) is 51.4 Å². The number of hydrogen-bond acceptors (Lipinski definition) is 2.